The van der Waals surface area contributed by atoms with E-state index in [0.717, 1.165) is 45.7 Å². The van der Waals surface area contributed by atoms with Crippen LogP contribution in [0.1, 0.15) is 42.3 Å². The van der Waals surface area contributed by atoms with Gasteiger partial charge in [0, 0.05) is 63.6 Å². The highest BCUT2D eigenvalue weighted by Crippen LogP contribution is 2.37. The fourth-order valence-corrected chi connectivity index (χ4v) is 5.92. The summed E-state index contributed by atoms with van der Waals surface area (Å²) in [6.07, 6.45) is 4.86. The van der Waals surface area contributed by atoms with Crippen LogP contribution in [-0.2, 0) is 19.5 Å². The van der Waals surface area contributed by atoms with Gasteiger partial charge >= 0.3 is 0 Å². The molecule has 4 nitrogen and oxygen atoms in total. The number of benzene rings is 1. The molecule has 0 unspecified atom stereocenters. The highest BCUT2D eigenvalue weighted by Gasteiger charge is 2.29. The molecule has 1 aromatic carbocycles. The van der Waals surface area contributed by atoms with Gasteiger partial charge in [0.25, 0.3) is 0 Å². The van der Waals surface area contributed by atoms with Gasteiger partial charge < -0.3 is 9.80 Å². The Morgan fingerprint density at radius 1 is 1.06 bits per heavy atom. The molecule has 176 valence electrons. The van der Waals surface area contributed by atoms with Gasteiger partial charge in [-0.2, -0.15) is 0 Å². The molecule has 3 aromatic rings. The summed E-state index contributed by atoms with van der Waals surface area (Å²) in [4.78, 5) is 13.4. The van der Waals surface area contributed by atoms with E-state index in [4.69, 9.17) is 0 Å². The number of fused-ring (bicyclic) bond motifs is 1. The molecule has 0 amide bonds. The summed E-state index contributed by atoms with van der Waals surface area (Å²) in [5, 5.41) is 2.21. The molecule has 0 spiro atoms. The maximum atomic E-state index is 4.30. The lowest BCUT2D eigenvalue weighted by Gasteiger charge is -2.30. The molecule has 0 aliphatic carbocycles. The Kier molecular flexibility index (Phi) is 7.40. The predicted octanol–water partition coefficient (Wildman–Crippen LogP) is 6.00. The van der Waals surface area contributed by atoms with Gasteiger partial charge in [-0.05, 0) is 72.0 Å². The SMILES string of the molecule is CCN1CC(C)(C)CN(C)c2cc(CN(CCc3cccnc3)Cc3sccc3C)ccc21. The number of anilines is 2. The largest absolute Gasteiger partial charge is 0.372 e. The second kappa shape index (κ2) is 10.3. The lowest BCUT2D eigenvalue weighted by Crippen LogP contribution is -2.37. The van der Waals surface area contributed by atoms with E-state index in [1.807, 2.05) is 29.8 Å². The summed E-state index contributed by atoms with van der Waals surface area (Å²) in [5.74, 6) is 0. The van der Waals surface area contributed by atoms with Crippen LogP contribution in [0.25, 0.3) is 0 Å². The third-order valence-electron chi connectivity index (χ3n) is 6.64. The molecule has 1 aliphatic heterocycles. The molecule has 0 saturated heterocycles. The first-order valence-corrected chi connectivity index (χ1v) is 13.0. The smallest absolute Gasteiger partial charge is 0.0604 e. The quantitative estimate of drug-likeness (QED) is 0.409. The summed E-state index contributed by atoms with van der Waals surface area (Å²) < 4.78 is 0. The highest BCUT2D eigenvalue weighted by atomic mass is 32.1. The zero-order valence-corrected chi connectivity index (χ0v) is 21.7. The van der Waals surface area contributed by atoms with Crippen LogP contribution in [0.2, 0.25) is 0 Å². The number of aryl methyl sites for hydroxylation is 1. The molecular formula is C28H38N4S. The highest BCUT2D eigenvalue weighted by molar-refractivity contribution is 7.10. The van der Waals surface area contributed by atoms with E-state index in [0.29, 0.717) is 0 Å². The van der Waals surface area contributed by atoms with Crippen LogP contribution < -0.4 is 9.80 Å². The molecule has 0 atom stereocenters. The minimum absolute atomic E-state index is 0.260. The van der Waals surface area contributed by atoms with E-state index < -0.39 is 0 Å². The molecule has 33 heavy (non-hydrogen) atoms. The average Bonchev–Trinajstić information content (AvgIpc) is 3.16. The summed E-state index contributed by atoms with van der Waals surface area (Å²) in [6, 6.07) is 13.6. The van der Waals surface area contributed by atoms with Gasteiger partial charge in [0.1, 0.15) is 0 Å². The Hall–Kier alpha value is -2.37. The minimum atomic E-state index is 0.260. The van der Waals surface area contributed by atoms with E-state index in [-0.39, 0.29) is 5.41 Å². The second-order valence-electron chi connectivity index (χ2n) is 10.2. The van der Waals surface area contributed by atoms with Crippen molar-refractivity contribution in [3.63, 3.8) is 0 Å². The summed E-state index contributed by atoms with van der Waals surface area (Å²) in [6.45, 7) is 15.4. The Morgan fingerprint density at radius 3 is 2.61 bits per heavy atom. The van der Waals surface area contributed by atoms with E-state index >= 15 is 0 Å². The molecule has 4 rings (SSSR count). The normalized spacial score (nSPS) is 15.6. The summed E-state index contributed by atoms with van der Waals surface area (Å²) >= 11 is 1.87. The van der Waals surface area contributed by atoms with Crippen LogP contribution in [0, 0.1) is 12.3 Å². The van der Waals surface area contributed by atoms with Crippen molar-refractivity contribution in [2.75, 3.05) is 43.0 Å². The van der Waals surface area contributed by atoms with Gasteiger partial charge in [0.15, 0.2) is 0 Å². The number of aromatic nitrogens is 1. The number of thiophene rings is 1. The zero-order chi connectivity index (χ0) is 23.4. The number of pyridine rings is 1. The molecular weight excluding hydrogens is 424 g/mol. The van der Waals surface area contributed by atoms with E-state index in [1.165, 1.54) is 32.9 Å². The van der Waals surface area contributed by atoms with Crippen molar-refractivity contribution in [3.05, 3.63) is 75.7 Å². The van der Waals surface area contributed by atoms with Crippen LogP contribution in [0.15, 0.2) is 54.2 Å². The Labute approximate surface area is 203 Å². The average molecular weight is 463 g/mol. The minimum Gasteiger partial charge on any atom is -0.372 e. The van der Waals surface area contributed by atoms with E-state index in [9.17, 15) is 0 Å². The molecule has 0 N–H and O–H groups in total. The first kappa shape index (κ1) is 23.8. The number of hydrogen-bond acceptors (Lipinski definition) is 5. The van der Waals surface area contributed by atoms with Gasteiger partial charge in [-0.25, -0.2) is 0 Å². The third kappa shape index (κ3) is 5.96. The first-order chi connectivity index (χ1) is 15.8. The lowest BCUT2D eigenvalue weighted by molar-refractivity contribution is 0.262. The molecule has 1 aliphatic rings. The number of hydrogen-bond donors (Lipinski definition) is 0. The molecule has 0 saturated carbocycles. The first-order valence-electron chi connectivity index (χ1n) is 12.1. The van der Waals surface area contributed by atoms with Crippen molar-refractivity contribution in [1.82, 2.24) is 9.88 Å². The summed E-state index contributed by atoms with van der Waals surface area (Å²) in [7, 11) is 2.25. The van der Waals surface area contributed by atoms with Crippen molar-refractivity contribution in [3.8, 4) is 0 Å². The Balaban J connectivity index is 1.57. The number of nitrogens with zero attached hydrogens (tertiary/aromatic N) is 4. The van der Waals surface area contributed by atoms with Crippen LogP contribution in [0.4, 0.5) is 11.4 Å². The van der Waals surface area contributed by atoms with Gasteiger partial charge in [0.2, 0.25) is 0 Å². The second-order valence-corrected chi connectivity index (χ2v) is 11.2. The van der Waals surface area contributed by atoms with E-state index in [2.05, 4.69) is 90.1 Å². The zero-order valence-electron chi connectivity index (χ0n) is 20.8. The van der Waals surface area contributed by atoms with Crippen molar-refractivity contribution < 1.29 is 0 Å². The molecule has 0 radical (unpaired) electrons. The van der Waals surface area contributed by atoms with Crippen molar-refractivity contribution in [2.24, 2.45) is 5.41 Å². The monoisotopic (exact) mass is 462 g/mol. The molecule has 5 heteroatoms. The van der Waals surface area contributed by atoms with Crippen molar-refractivity contribution in [2.45, 2.75) is 47.2 Å². The topological polar surface area (TPSA) is 22.6 Å². The fourth-order valence-electron chi connectivity index (χ4n) is 4.98. The summed E-state index contributed by atoms with van der Waals surface area (Å²) in [5.41, 5.74) is 7.07. The van der Waals surface area contributed by atoms with Gasteiger partial charge in [0.05, 0.1) is 11.4 Å². The standard InChI is InChI=1S/C28H38N4S/c1-6-32-21-28(3,4)20-30(5)26-16-24(9-10-25(26)32)18-31(19-27-22(2)12-15-33-27)14-11-23-8-7-13-29-17-23/h7-10,12-13,15-17H,6,11,14,18-21H2,1-5H3. The predicted molar refractivity (Wildman–Crippen MR) is 142 cm³/mol. The Bertz CT molecular complexity index is 1040. The third-order valence-corrected chi connectivity index (χ3v) is 7.65. The maximum Gasteiger partial charge on any atom is 0.0604 e. The van der Waals surface area contributed by atoms with Gasteiger partial charge in [-0.3, -0.25) is 9.88 Å². The van der Waals surface area contributed by atoms with Crippen LogP contribution in [0.3, 0.4) is 0 Å². The fraction of sp³-hybridized carbons (Fsp3) is 0.464. The van der Waals surface area contributed by atoms with Crippen LogP contribution in [0.5, 0.6) is 0 Å². The molecule has 3 heterocycles. The van der Waals surface area contributed by atoms with Crippen LogP contribution in [-0.4, -0.2) is 43.1 Å². The van der Waals surface area contributed by atoms with Gasteiger partial charge in [-0.15, -0.1) is 11.3 Å². The lowest BCUT2D eigenvalue weighted by atomic mass is 9.92. The molecule has 2 aromatic heterocycles. The molecule has 0 fully saturated rings. The van der Waals surface area contributed by atoms with Crippen molar-refractivity contribution in [1.29, 1.82) is 0 Å². The maximum absolute atomic E-state index is 4.30. The van der Waals surface area contributed by atoms with E-state index in [1.54, 1.807) is 0 Å². The van der Waals surface area contributed by atoms with Crippen LogP contribution >= 0.6 is 11.3 Å². The number of rotatable bonds is 8. The van der Waals surface area contributed by atoms with Crippen molar-refractivity contribution >= 4 is 22.7 Å². The van der Waals surface area contributed by atoms with Gasteiger partial charge in [-0.1, -0.05) is 26.0 Å². The molecule has 0 bridgehead atoms. The Morgan fingerprint density at radius 2 is 1.91 bits per heavy atom.